The molecule has 0 aliphatic heterocycles. The Kier molecular flexibility index (Phi) is 6.90. The van der Waals surface area contributed by atoms with Gasteiger partial charge in [-0.15, -0.1) is 0 Å². The first kappa shape index (κ1) is 21.2. The quantitative estimate of drug-likeness (QED) is 0.611. The minimum Gasteiger partial charge on any atom is -0.441 e. The number of anilines is 1. The molecular weight excluding hydrogens is 392 g/mol. The molecule has 0 aliphatic rings. The van der Waals surface area contributed by atoms with E-state index in [4.69, 9.17) is 4.42 Å². The molecule has 2 amide bonds. The van der Waals surface area contributed by atoms with E-state index in [-0.39, 0.29) is 54.8 Å². The highest BCUT2D eigenvalue weighted by Crippen LogP contribution is 2.24. The summed E-state index contributed by atoms with van der Waals surface area (Å²) in [6.07, 6.45) is 1.83. The molecule has 0 fully saturated rings. The van der Waals surface area contributed by atoms with Crippen molar-refractivity contribution in [2.45, 2.75) is 19.3 Å². The number of rotatable bonds is 8. The first-order valence-electron chi connectivity index (χ1n) is 9.42. The van der Waals surface area contributed by atoms with Crippen molar-refractivity contribution in [2.75, 3.05) is 18.5 Å². The standard InChI is InChI=1S/C22H21F2N3O3/c1-27(16-5-3-2-4-6-16)22(29)11-12-25-20(28)9-10-21-26-14-19(30-21)17-8-7-15(23)13-18(17)24/h2-8,13-14H,9-12H2,1H3,(H,25,28). The van der Waals surface area contributed by atoms with Gasteiger partial charge in [0.15, 0.2) is 11.7 Å². The first-order valence-corrected chi connectivity index (χ1v) is 9.42. The summed E-state index contributed by atoms with van der Waals surface area (Å²) in [5.41, 5.74) is 0.881. The normalized spacial score (nSPS) is 10.6. The van der Waals surface area contributed by atoms with E-state index in [9.17, 15) is 18.4 Å². The molecule has 8 heteroatoms. The summed E-state index contributed by atoms with van der Waals surface area (Å²) < 4.78 is 32.3. The van der Waals surface area contributed by atoms with Gasteiger partial charge in [0.2, 0.25) is 11.8 Å². The number of carbonyl (C=O) groups excluding carboxylic acids is 2. The fourth-order valence-electron chi connectivity index (χ4n) is 2.82. The first-order chi connectivity index (χ1) is 14.4. The molecule has 0 unspecified atom stereocenters. The third kappa shape index (κ3) is 5.50. The lowest BCUT2D eigenvalue weighted by molar-refractivity contribution is -0.121. The summed E-state index contributed by atoms with van der Waals surface area (Å²) >= 11 is 0. The number of hydrogen-bond acceptors (Lipinski definition) is 4. The average molecular weight is 413 g/mol. The molecule has 2 aromatic carbocycles. The van der Waals surface area contributed by atoms with Crippen molar-refractivity contribution >= 4 is 17.5 Å². The highest BCUT2D eigenvalue weighted by molar-refractivity contribution is 5.93. The summed E-state index contributed by atoms with van der Waals surface area (Å²) in [5, 5.41) is 2.69. The number of para-hydroxylation sites is 1. The number of amides is 2. The van der Waals surface area contributed by atoms with Gasteiger partial charge in [-0.2, -0.15) is 0 Å². The second-order valence-corrected chi connectivity index (χ2v) is 6.63. The van der Waals surface area contributed by atoms with Gasteiger partial charge < -0.3 is 14.6 Å². The lowest BCUT2D eigenvalue weighted by Gasteiger charge is -2.17. The van der Waals surface area contributed by atoms with Crippen LogP contribution in [0.4, 0.5) is 14.5 Å². The Balaban J connectivity index is 1.43. The van der Waals surface area contributed by atoms with E-state index in [1.807, 2.05) is 30.3 Å². The topological polar surface area (TPSA) is 75.4 Å². The number of benzene rings is 2. The Bertz CT molecular complexity index is 1020. The largest absolute Gasteiger partial charge is 0.441 e. The van der Waals surface area contributed by atoms with Gasteiger partial charge in [0.25, 0.3) is 0 Å². The minimum absolute atomic E-state index is 0.0978. The number of aryl methyl sites for hydroxylation is 1. The zero-order valence-corrected chi connectivity index (χ0v) is 16.4. The Labute approximate surface area is 172 Å². The van der Waals surface area contributed by atoms with Crippen LogP contribution in [0, 0.1) is 11.6 Å². The van der Waals surface area contributed by atoms with E-state index in [2.05, 4.69) is 10.3 Å². The van der Waals surface area contributed by atoms with E-state index in [1.54, 1.807) is 7.05 Å². The van der Waals surface area contributed by atoms with E-state index < -0.39 is 11.6 Å². The molecule has 0 aliphatic carbocycles. The molecule has 1 heterocycles. The van der Waals surface area contributed by atoms with Gasteiger partial charge in [-0.1, -0.05) is 18.2 Å². The summed E-state index contributed by atoms with van der Waals surface area (Å²) in [6, 6.07) is 12.4. The molecular formula is C22H21F2N3O3. The zero-order valence-electron chi connectivity index (χ0n) is 16.4. The van der Waals surface area contributed by atoms with E-state index in [0.29, 0.717) is 0 Å². The molecule has 0 saturated heterocycles. The van der Waals surface area contributed by atoms with E-state index >= 15 is 0 Å². The number of halogens is 2. The molecule has 6 nitrogen and oxygen atoms in total. The number of hydrogen-bond donors (Lipinski definition) is 1. The fraction of sp³-hybridized carbons (Fsp3) is 0.227. The van der Waals surface area contributed by atoms with Crippen molar-refractivity contribution in [3.8, 4) is 11.3 Å². The second kappa shape index (κ2) is 9.78. The van der Waals surface area contributed by atoms with Gasteiger partial charge in [-0.25, -0.2) is 13.8 Å². The average Bonchev–Trinajstić information content (AvgIpc) is 3.21. The highest BCUT2D eigenvalue weighted by atomic mass is 19.1. The smallest absolute Gasteiger partial charge is 0.228 e. The number of nitrogens with one attached hydrogen (secondary N) is 1. The van der Waals surface area contributed by atoms with Crippen molar-refractivity contribution in [1.29, 1.82) is 0 Å². The van der Waals surface area contributed by atoms with Gasteiger partial charge in [0.1, 0.15) is 11.6 Å². The molecule has 0 bridgehead atoms. The summed E-state index contributed by atoms with van der Waals surface area (Å²) in [4.78, 5) is 29.7. The third-order valence-corrected chi connectivity index (χ3v) is 4.49. The lowest BCUT2D eigenvalue weighted by Crippen LogP contribution is -2.32. The summed E-state index contributed by atoms with van der Waals surface area (Å²) in [7, 11) is 1.68. The maximum absolute atomic E-state index is 13.8. The molecule has 0 spiro atoms. The fourth-order valence-corrected chi connectivity index (χ4v) is 2.82. The van der Waals surface area contributed by atoms with Gasteiger partial charge in [0, 0.05) is 44.6 Å². The molecule has 0 radical (unpaired) electrons. The van der Waals surface area contributed by atoms with E-state index in [1.165, 1.54) is 17.2 Å². The predicted octanol–water partition coefficient (Wildman–Crippen LogP) is 3.72. The maximum Gasteiger partial charge on any atom is 0.228 e. The molecule has 1 N–H and O–H groups in total. The van der Waals surface area contributed by atoms with Crippen LogP contribution in [0.25, 0.3) is 11.3 Å². The van der Waals surface area contributed by atoms with E-state index in [0.717, 1.165) is 17.8 Å². The molecule has 1 aromatic heterocycles. The van der Waals surface area contributed by atoms with Gasteiger partial charge in [-0.05, 0) is 24.3 Å². The molecule has 3 aromatic rings. The zero-order chi connectivity index (χ0) is 21.5. The maximum atomic E-state index is 13.8. The molecule has 30 heavy (non-hydrogen) atoms. The van der Waals surface area contributed by atoms with Crippen molar-refractivity contribution in [1.82, 2.24) is 10.3 Å². The van der Waals surface area contributed by atoms with Crippen molar-refractivity contribution in [2.24, 2.45) is 0 Å². The Hall–Kier alpha value is -3.55. The van der Waals surface area contributed by atoms with Gasteiger partial charge >= 0.3 is 0 Å². The van der Waals surface area contributed by atoms with Gasteiger partial charge in [-0.3, -0.25) is 9.59 Å². The number of carbonyl (C=O) groups is 2. The Morgan fingerprint density at radius 2 is 1.87 bits per heavy atom. The number of aromatic nitrogens is 1. The molecule has 0 atom stereocenters. The second-order valence-electron chi connectivity index (χ2n) is 6.63. The van der Waals surface area contributed by atoms with Crippen molar-refractivity contribution in [3.63, 3.8) is 0 Å². The number of oxazole rings is 1. The van der Waals surface area contributed by atoms with Gasteiger partial charge in [0.05, 0.1) is 11.8 Å². The van der Waals surface area contributed by atoms with Crippen LogP contribution in [-0.4, -0.2) is 30.4 Å². The SMILES string of the molecule is CN(C(=O)CCNC(=O)CCc1ncc(-c2ccc(F)cc2F)o1)c1ccccc1. The Morgan fingerprint density at radius 1 is 1.10 bits per heavy atom. The summed E-state index contributed by atoms with van der Waals surface area (Å²) in [6.45, 7) is 0.215. The van der Waals surface area contributed by atoms with Crippen LogP contribution in [0.1, 0.15) is 18.7 Å². The Morgan fingerprint density at radius 3 is 2.60 bits per heavy atom. The van der Waals surface area contributed by atoms with Crippen LogP contribution >= 0.6 is 0 Å². The summed E-state index contributed by atoms with van der Waals surface area (Å²) in [5.74, 6) is -1.36. The van der Waals surface area contributed by atoms with Crippen LogP contribution in [0.3, 0.4) is 0 Å². The van der Waals surface area contributed by atoms with Crippen LogP contribution in [-0.2, 0) is 16.0 Å². The van der Waals surface area contributed by atoms with Crippen LogP contribution in [0.2, 0.25) is 0 Å². The van der Waals surface area contributed by atoms with Crippen molar-refractivity contribution < 1.29 is 22.8 Å². The van der Waals surface area contributed by atoms with Crippen LogP contribution < -0.4 is 10.2 Å². The molecule has 0 saturated carbocycles. The molecule has 156 valence electrons. The highest BCUT2D eigenvalue weighted by Gasteiger charge is 2.14. The van der Waals surface area contributed by atoms with Crippen LogP contribution in [0.5, 0.6) is 0 Å². The third-order valence-electron chi connectivity index (χ3n) is 4.49. The number of nitrogens with zero attached hydrogens (tertiary/aromatic N) is 2. The monoisotopic (exact) mass is 413 g/mol. The van der Waals surface area contributed by atoms with Crippen molar-refractivity contribution in [3.05, 3.63) is 72.3 Å². The lowest BCUT2D eigenvalue weighted by atomic mass is 10.2. The minimum atomic E-state index is -0.749. The molecule has 3 rings (SSSR count). The van der Waals surface area contributed by atoms with Crippen LogP contribution in [0.15, 0.2) is 59.1 Å². The predicted molar refractivity (Wildman–Crippen MR) is 108 cm³/mol.